The van der Waals surface area contributed by atoms with Crippen LogP contribution in [0.3, 0.4) is 0 Å². The lowest BCUT2D eigenvalue weighted by Gasteiger charge is -2.33. The zero-order valence-electron chi connectivity index (χ0n) is 16.9. The molecule has 1 fully saturated rings. The molecule has 29 heavy (non-hydrogen) atoms. The smallest absolute Gasteiger partial charge is 0.240 e. The number of piperazine rings is 1. The number of hydrogen-bond acceptors (Lipinski definition) is 4. The van der Waals surface area contributed by atoms with Gasteiger partial charge in [-0.05, 0) is 37.3 Å². The minimum Gasteiger partial charge on any atom is -0.454 e. The molecule has 2 aromatic rings. The van der Waals surface area contributed by atoms with Gasteiger partial charge in [-0.1, -0.05) is 17.7 Å². The maximum Gasteiger partial charge on any atom is 0.240 e. The largest absolute Gasteiger partial charge is 0.454 e. The number of aryl methyl sites for hydroxylation is 1. The van der Waals surface area contributed by atoms with Gasteiger partial charge in [0.2, 0.25) is 16.8 Å². The first-order chi connectivity index (χ1) is 13.9. The van der Waals surface area contributed by atoms with E-state index in [0.29, 0.717) is 11.4 Å². The molecule has 1 saturated heterocycles. The van der Waals surface area contributed by atoms with Crippen molar-refractivity contribution in [3.05, 3.63) is 53.6 Å². The minimum absolute atomic E-state index is 0.0119. The van der Waals surface area contributed by atoms with E-state index in [4.69, 9.17) is 9.47 Å². The molecule has 3 N–H and O–H groups in total. The van der Waals surface area contributed by atoms with Crippen LogP contribution in [0.1, 0.15) is 17.2 Å². The number of likely N-dealkylation sites (N-methyl/N-ethyl adjacent to an activating group) is 1. The molecule has 0 spiro atoms. The van der Waals surface area contributed by atoms with Crippen LogP contribution in [0.25, 0.3) is 0 Å². The van der Waals surface area contributed by atoms with Crippen molar-refractivity contribution in [2.24, 2.45) is 0 Å². The Morgan fingerprint density at radius 2 is 1.69 bits per heavy atom. The predicted octanol–water partition coefficient (Wildman–Crippen LogP) is -0.843. The van der Waals surface area contributed by atoms with Crippen LogP contribution in [0, 0.1) is 6.92 Å². The number of ether oxygens (including phenoxy) is 2. The summed E-state index contributed by atoms with van der Waals surface area (Å²) in [5.41, 5.74) is 2.10. The highest BCUT2D eigenvalue weighted by molar-refractivity contribution is 7.89. The first-order valence-electron chi connectivity index (χ1n) is 10.0. The maximum absolute atomic E-state index is 12.8. The second-order valence-electron chi connectivity index (χ2n) is 7.95. The summed E-state index contributed by atoms with van der Waals surface area (Å²) in [5, 5.41) is 0. The Morgan fingerprint density at radius 3 is 2.41 bits per heavy atom. The Labute approximate surface area is 172 Å². The van der Waals surface area contributed by atoms with Gasteiger partial charge in [-0.3, -0.25) is 0 Å². The quantitative estimate of drug-likeness (QED) is 0.571. The molecule has 0 amide bonds. The Kier molecular flexibility index (Phi) is 5.78. The van der Waals surface area contributed by atoms with E-state index in [1.807, 2.05) is 37.3 Å². The van der Waals surface area contributed by atoms with Crippen LogP contribution in [0.4, 0.5) is 0 Å². The fourth-order valence-electron chi connectivity index (χ4n) is 3.97. The van der Waals surface area contributed by atoms with E-state index in [-0.39, 0.29) is 12.8 Å². The van der Waals surface area contributed by atoms with E-state index >= 15 is 0 Å². The van der Waals surface area contributed by atoms with Crippen LogP contribution in [0.5, 0.6) is 11.5 Å². The second kappa shape index (κ2) is 8.31. The summed E-state index contributed by atoms with van der Waals surface area (Å²) in [6, 6.07) is 12.9. The van der Waals surface area contributed by atoms with Gasteiger partial charge in [0.15, 0.2) is 11.5 Å². The van der Waals surface area contributed by atoms with Gasteiger partial charge < -0.3 is 19.3 Å². The summed E-state index contributed by atoms with van der Waals surface area (Å²) in [5.74, 6) is 1.47. The van der Waals surface area contributed by atoms with Crippen LogP contribution < -0.4 is 24.0 Å². The fourth-order valence-corrected chi connectivity index (χ4v) is 5.02. The van der Waals surface area contributed by atoms with Gasteiger partial charge in [0, 0.05) is 5.56 Å². The van der Waals surface area contributed by atoms with Crippen LogP contribution in [-0.4, -0.2) is 55.0 Å². The summed E-state index contributed by atoms with van der Waals surface area (Å²) < 4.78 is 39.5. The normalized spacial score (nSPS) is 22.4. The maximum atomic E-state index is 12.8. The molecular formula is C21H29N3O4S+2. The van der Waals surface area contributed by atoms with E-state index in [1.165, 1.54) is 9.80 Å². The molecular weight excluding hydrogens is 390 g/mol. The van der Waals surface area contributed by atoms with E-state index in [1.54, 1.807) is 12.1 Å². The van der Waals surface area contributed by atoms with Gasteiger partial charge in [-0.15, -0.1) is 0 Å². The van der Waals surface area contributed by atoms with E-state index in [9.17, 15) is 8.42 Å². The van der Waals surface area contributed by atoms with E-state index < -0.39 is 10.0 Å². The zero-order valence-corrected chi connectivity index (χ0v) is 17.7. The fraction of sp³-hybridized carbons (Fsp3) is 0.429. The highest BCUT2D eigenvalue weighted by Crippen LogP contribution is 2.33. The first-order valence-corrected chi connectivity index (χ1v) is 11.5. The van der Waals surface area contributed by atoms with Gasteiger partial charge >= 0.3 is 0 Å². The molecule has 2 heterocycles. The monoisotopic (exact) mass is 419 g/mol. The van der Waals surface area contributed by atoms with Gasteiger partial charge in [0.1, 0.15) is 32.2 Å². The van der Waals surface area contributed by atoms with Gasteiger partial charge in [0.25, 0.3) is 0 Å². The van der Waals surface area contributed by atoms with Crippen molar-refractivity contribution >= 4 is 10.0 Å². The van der Waals surface area contributed by atoms with Crippen molar-refractivity contribution in [3.8, 4) is 11.5 Å². The SMILES string of the molecule is Cc1ccc(S(=O)(=O)NC[C@@H](c2ccc3c(c2)OCO3)[NH+]2CC[NH+](C)CC2)cc1. The van der Waals surface area contributed by atoms with Crippen LogP contribution in [-0.2, 0) is 10.0 Å². The molecule has 4 rings (SSSR count). The third-order valence-electron chi connectivity index (χ3n) is 5.85. The highest BCUT2D eigenvalue weighted by atomic mass is 32.2. The van der Waals surface area contributed by atoms with Crippen molar-refractivity contribution in [2.45, 2.75) is 17.9 Å². The Balaban J connectivity index is 1.56. The van der Waals surface area contributed by atoms with Crippen molar-refractivity contribution in [1.82, 2.24) is 4.72 Å². The number of sulfonamides is 1. The number of benzene rings is 2. The minimum atomic E-state index is -3.57. The van der Waals surface area contributed by atoms with Crippen molar-refractivity contribution in [1.29, 1.82) is 0 Å². The first kappa shape index (κ1) is 20.2. The molecule has 8 heteroatoms. The topological polar surface area (TPSA) is 73.5 Å². The summed E-state index contributed by atoms with van der Waals surface area (Å²) in [6.07, 6.45) is 0. The lowest BCUT2D eigenvalue weighted by Crippen LogP contribution is -3.27. The molecule has 0 saturated carbocycles. The molecule has 156 valence electrons. The van der Waals surface area contributed by atoms with Crippen LogP contribution >= 0.6 is 0 Å². The van der Waals surface area contributed by atoms with Crippen molar-refractivity contribution in [3.63, 3.8) is 0 Å². The van der Waals surface area contributed by atoms with Gasteiger partial charge in [0.05, 0.1) is 18.5 Å². The lowest BCUT2D eigenvalue weighted by molar-refractivity contribution is -1.02. The van der Waals surface area contributed by atoms with Gasteiger partial charge in [-0.2, -0.15) is 0 Å². The molecule has 0 aromatic heterocycles. The number of nitrogens with one attached hydrogen (secondary N) is 3. The van der Waals surface area contributed by atoms with Crippen molar-refractivity contribution < 1.29 is 27.7 Å². The third-order valence-corrected chi connectivity index (χ3v) is 7.29. The zero-order chi connectivity index (χ0) is 20.4. The summed E-state index contributed by atoms with van der Waals surface area (Å²) >= 11 is 0. The average Bonchev–Trinajstić information content (AvgIpc) is 3.18. The summed E-state index contributed by atoms with van der Waals surface area (Å²) in [4.78, 5) is 3.20. The third kappa shape index (κ3) is 4.56. The molecule has 2 aromatic carbocycles. The number of rotatable bonds is 6. The lowest BCUT2D eigenvalue weighted by atomic mass is 10.0. The predicted molar refractivity (Wildman–Crippen MR) is 109 cm³/mol. The number of quaternary nitrogens is 2. The van der Waals surface area contributed by atoms with Crippen LogP contribution in [0.15, 0.2) is 47.4 Å². The molecule has 0 radical (unpaired) electrons. The second-order valence-corrected chi connectivity index (χ2v) is 9.71. The molecule has 0 unspecified atom stereocenters. The number of fused-ring (bicyclic) bond motifs is 1. The molecule has 0 aliphatic carbocycles. The molecule has 7 nitrogen and oxygen atoms in total. The van der Waals surface area contributed by atoms with Gasteiger partial charge in [-0.25, -0.2) is 13.1 Å². The summed E-state index contributed by atoms with van der Waals surface area (Å²) in [6.45, 7) is 6.65. The Morgan fingerprint density at radius 1 is 1.00 bits per heavy atom. The van der Waals surface area contributed by atoms with Crippen molar-refractivity contribution in [2.75, 3.05) is 46.6 Å². The molecule has 1 atom stereocenters. The van der Waals surface area contributed by atoms with Crippen LogP contribution in [0.2, 0.25) is 0 Å². The van der Waals surface area contributed by atoms with E-state index in [2.05, 4.69) is 11.8 Å². The Hall–Kier alpha value is -2.13. The molecule has 2 aliphatic heterocycles. The molecule has 2 aliphatic rings. The Bertz CT molecular complexity index is 954. The van der Waals surface area contributed by atoms with E-state index in [0.717, 1.165) is 48.8 Å². The average molecular weight is 420 g/mol. The standard InChI is InChI=1S/C21H27N3O4S/c1-16-3-6-18(7-4-16)29(25,26)22-14-19(24-11-9-23(2)10-12-24)17-5-8-20-21(13-17)28-15-27-20/h3-8,13,19,22H,9-12,14-15H2,1-2H3/p+2/t19-/m0/s1. The number of hydrogen-bond donors (Lipinski definition) is 3. The highest BCUT2D eigenvalue weighted by Gasteiger charge is 2.31. The molecule has 0 bridgehead atoms. The summed E-state index contributed by atoms with van der Waals surface area (Å²) in [7, 11) is -1.36.